The number of hydroxylamine groups is 2. The maximum Gasteiger partial charge on any atom is 0.330 e. The Morgan fingerprint density at radius 3 is 2.63 bits per heavy atom. The molecule has 8 heteroatoms. The highest BCUT2D eigenvalue weighted by molar-refractivity contribution is 5.75. The smallest absolute Gasteiger partial charge is 0.330 e. The van der Waals surface area contributed by atoms with E-state index in [2.05, 4.69) is 4.98 Å². The van der Waals surface area contributed by atoms with Crippen molar-refractivity contribution >= 4 is 11.7 Å². The average Bonchev–Trinajstić information content (AvgIpc) is 3.11. The molecule has 1 aromatic heterocycles. The van der Waals surface area contributed by atoms with E-state index in [0.29, 0.717) is 6.54 Å². The van der Waals surface area contributed by atoms with Gasteiger partial charge in [-0.15, -0.1) is 5.06 Å². The zero-order valence-corrected chi connectivity index (χ0v) is 15.8. The van der Waals surface area contributed by atoms with Gasteiger partial charge in [0.15, 0.2) is 0 Å². The lowest BCUT2D eigenvalue weighted by molar-refractivity contribution is -0.384. The lowest BCUT2D eigenvalue weighted by atomic mass is 9.96. The van der Waals surface area contributed by atoms with Crippen LogP contribution < -0.4 is 0 Å². The molecule has 144 valence electrons. The summed E-state index contributed by atoms with van der Waals surface area (Å²) in [5.41, 5.74) is 1.25. The second-order valence-electron chi connectivity index (χ2n) is 7.84. The van der Waals surface area contributed by atoms with Gasteiger partial charge in [0.05, 0.1) is 22.4 Å². The van der Waals surface area contributed by atoms with Crippen molar-refractivity contribution in [2.45, 2.75) is 39.5 Å². The number of carbonyl (C=O) groups excluding carboxylic acids is 1. The van der Waals surface area contributed by atoms with Crippen LogP contribution in [0.3, 0.4) is 0 Å². The van der Waals surface area contributed by atoms with Gasteiger partial charge in [-0.25, -0.2) is 9.78 Å². The van der Waals surface area contributed by atoms with E-state index in [0.717, 1.165) is 30.8 Å². The topological polar surface area (TPSA) is 90.5 Å². The van der Waals surface area contributed by atoms with Crippen LogP contribution >= 0.6 is 0 Å². The van der Waals surface area contributed by atoms with Crippen molar-refractivity contribution in [1.82, 2.24) is 14.6 Å². The number of benzene rings is 1. The molecule has 2 heterocycles. The molecule has 2 aromatic rings. The number of carbonyl (C=O) groups is 1. The van der Waals surface area contributed by atoms with Crippen molar-refractivity contribution in [3.05, 3.63) is 52.6 Å². The van der Waals surface area contributed by atoms with Gasteiger partial charge in [0.1, 0.15) is 0 Å². The fourth-order valence-electron chi connectivity index (χ4n) is 2.96. The van der Waals surface area contributed by atoms with Crippen molar-refractivity contribution < 1.29 is 14.6 Å². The van der Waals surface area contributed by atoms with Crippen molar-refractivity contribution in [3.63, 3.8) is 0 Å². The maximum absolute atomic E-state index is 12.1. The summed E-state index contributed by atoms with van der Waals surface area (Å²) >= 11 is 0. The van der Waals surface area contributed by atoms with Gasteiger partial charge >= 0.3 is 5.97 Å². The number of rotatable bonds is 4. The van der Waals surface area contributed by atoms with Gasteiger partial charge in [0.25, 0.3) is 5.69 Å². The minimum absolute atomic E-state index is 0.0580. The number of hydrogen-bond donors (Lipinski definition) is 0. The number of non-ortho nitro benzene ring substituents is 1. The van der Waals surface area contributed by atoms with Gasteiger partial charge in [-0.3, -0.25) is 10.1 Å². The van der Waals surface area contributed by atoms with Gasteiger partial charge in [-0.05, 0) is 45.7 Å². The van der Waals surface area contributed by atoms with E-state index in [1.807, 2.05) is 31.5 Å². The van der Waals surface area contributed by atoms with Crippen LogP contribution in [-0.4, -0.2) is 38.6 Å². The van der Waals surface area contributed by atoms with Crippen molar-refractivity contribution in [2.24, 2.45) is 5.41 Å². The minimum Gasteiger partial charge on any atom is -0.367 e. The first kappa shape index (κ1) is 19.0. The number of piperidine rings is 1. The molecule has 0 N–H and O–H groups in total. The zero-order valence-electron chi connectivity index (χ0n) is 15.8. The summed E-state index contributed by atoms with van der Waals surface area (Å²) in [4.78, 5) is 32.5. The van der Waals surface area contributed by atoms with E-state index in [-0.39, 0.29) is 17.6 Å². The molecule has 1 unspecified atom stereocenters. The second kappa shape index (κ2) is 7.48. The van der Waals surface area contributed by atoms with Crippen LogP contribution in [0.1, 0.15) is 45.2 Å². The van der Waals surface area contributed by atoms with E-state index in [9.17, 15) is 14.9 Å². The van der Waals surface area contributed by atoms with E-state index >= 15 is 0 Å². The Hall–Kier alpha value is -2.74. The Morgan fingerprint density at radius 1 is 1.30 bits per heavy atom. The molecule has 0 radical (unpaired) electrons. The Balaban J connectivity index is 1.68. The molecule has 0 bridgehead atoms. The quantitative estimate of drug-likeness (QED) is 0.603. The van der Waals surface area contributed by atoms with E-state index in [1.165, 1.54) is 12.1 Å². The predicted octanol–water partition coefficient (Wildman–Crippen LogP) is 3.46. The summed E-state index contributed by atoms with van der Waals surface area (Å²) in [6.45, 7) is 6.84. The van der Waals surface area contributed by atoms with Gasteiger partial charge in [0.2, 0.25) is 0 Å². The Labute approximate surface area is 157 Å². The first-order valence-electron chi connectivity index (χ1n) is 9.00. The van der Waals surface area contributed by atoms with E-state index in [4.69, 9.17) is 4.84 Å². The summed E-state index contributed by atoms with van der Waals surface area (Å²) in [6.07, 6.45) is 5.53. The lowest BCUT2D eigenvalue weighted by Gasteiger charge is -2.32. The van der Waals surface area contributed by atoms with E-state index in [1.54, 1.807) is 23.5 Å². The monoisotopic (exact) mass is 372 g/mol. The van der Waals surface area contributed by atoms with Crippen LogP contribution in [0.15, 0.2) is 36.8 Å². The largest absolute Gasteiger partial charge is 0.367 e. The molecule has 1 aromatic carbocycles. The molecule has 1 aliphatic heterocycles. The summed E-state index contributed by atoms with van der Waals surface area (Å²) < 4.78 is 1.85. The zero-order chi connectivity index (χ0) is 19.6. The number of hydrogen-bond acceptors (Lipinski definition) is 6. The molecule has 0 aliphatic carbocycles. The third-order valence-corrected chi connectivity index (χ3v) is 4.59. The maximum atomic E-state index is 12.1. The number of aromatic nitrogens is 2. The molecule has 0 amide bonds. The van der Waals surface area contributed by atoms with Crippen LogP contribution in [-0.2, 0) is 9.63 Å². The predicted molar refractivity (Wildman–Crippen MR) is 99.3 cm³/mol. The highest BCUT2D eigenvalue weighted by Crippen LogP contribution is 2.28. The SMILES string of the molecule is CC(C)(C)C(=O)ON1CCCC(c2cn(-c3ccc([N+](=O)[O-])cc3)cn2)C1. The highest BCUT2D eigenvalue weighted by atomic mass is 16.7. The summed E-state index contributed by atoms with van der Waals surface area (Å²) in [7, 11) is 0. The van der Waals surface area contributed by atoms with Gasteiger partial charge < -0.3 is 9.40 Å². The van der Waals surface area contributed by atoms with Gasteiger partial charge in [-0.1, -0.05) is 0 Å². The average molecular weight is 372 g/mol. The Morgan fingerprint density at radius 2 is 2.00 bits per heavy atom. The van der Waals surface area contributed by atoms with Crippen molar-refractivity contribution in [1.29, 1.82) is 0 Å². The highest BCUT2D eigenvalue weighted by Gasteiger charge is 2.30. The molecule has 1 saturated heterocycles. The molecule has 0 spiro atoms. The number of nitro benzene ring substituents is 1. The number of nitrogens with zero attached hydrogens (tertiary/aromatic N) is 4. The fourth-order valence-corrected chi connectivity index (χ4v) is 2.96. The van der Waals surface area contributed by atoms with Crippen LogP contribution in [0.2, 0.25) is 0 Å². The summed E-state index contributed by atoms with van der Waals surface area (Å²) in [6, 6.07) is 6.34. The van der Waals surface area contributed by atoms with Gasteiger partial charge in [-0.2, -0.15) is 0 Å². The number of nitro groups is 1. The van der Waals surface area contributed by atoms with Crippen molar-refractivity contribution in [2.75, 3.05) is 13.1 Å². The number of imidazole rings is 1. The molecule has 1 fully saturated rings. The first-order valence-corrected chi connectivity index (χ1v) is 9.00. The third kappa shape index (κ3) is 4.51. The molecule has 8 nitrogen and oxygen atoms in total. The minimum atomic E-state index is -0.537. The second-order valence-corrected chi connectivity index (χ2v) is 7.84. The lowest BCUT2D eigenvalue weighted by Crippen LogP contribution is -2.39. The molecular weight excluding hydrogens is 348 g/mol. The summed E-state index contributed by atoms with van der Waals surface area (Å²) in [5, 5.41) is 12.5. The van der Waals surface area contributed by atoms with Crippen LogP contribution in [0.5, 0.6) is 0 Å². The Kier molecular flexibility index (Phi) is 5.27. The molecular formula is C19H24N4O4. The molecule has 0 saturated carbocycles. The van der Waals surface area contributed by atoms with E-state index < -0.39 is 10.3 Å². The molecule has 27 heavy (non-hydrogen) atoms. The van der Waals surface area contributed by atoms with Gasteiger partial charge in [0, 0.05) is 43.0 Å². The van der Waals surface area contributed by atoms with Crippen LogP contribution in [0, 0.1) is 15.5 Å². The molecule has 3 rings (SSSR count). The normalized spacial score (nSPS) is 18.3. The fraction of sp³-hybridized carbons (Fsp3) is 0.474. The Bertz CT molecular complexity index is 823. The molecule has 1 aliphatic rings. The van der Waals surface area contributed by atoms with Crippen LogP contribution in [0.4, 0.5) is 5.69 Å². The molecule has 1 atom stereocenters. The van der Waals surface area contributed by atoms with Crippen molar-refractivity contribution in [3.8, 4) is 5.69 Å². The van der Waals surface area contributed by atoms with Crippen LogP contribution in [0.25, 0.3) is 5.69 Å². The standard InChI is InChI=1S/C19H24N4O4/c1-19(2,3)18(24)27-22-10-4-5-14(11-22)17-12-21(13-20-17)15-6-8-16(9-7-15)23(25)26/h6-9,12-14H,4-5,10-11H2,1-3H3. The first-order chi connectivity index (χ1) is 12.7. The third-order valence-electron chi connectivity index (χ3n) is 4.59. The summed E-state index contributed by atoms with van der Waals surface area (Å²) in [5.74, 6) is -0.0645.